The molecule has 0 aliphatic heterocycles. The van der Waals surface area contributed by atoms with Crippen molar-refractivity contribution < 1.29 is 0 Å². The predicted molar refractivity (Wildman–Crippen MR) is 68.1 cm³/mol. The molecular weight excluding hydrogens is 196 g/mol. The van der Waals surface area contributed by atoms with E-state index in [9.17, 15) is 0 Å². The van der Waals surface area contributed by atoms with E-state index in [1.54, 1.807) is 0 Å². The number of rotatable bonds is 3. The zero-order valence-electron chi connectivity index (χ0n) is 9.87. The lowest BCUT2D eigenvalue weighted by Crippen LogP contribution is -2.32. The van der Waals surface area contributed by atoms with E-state index in [1.165, 1.54) is 12.8 Å². The van der Waals surface area contributed by atoms with Crippen LogP contribution in [0.4, 0.5) is 0 Å². The van der Waals surface area contributed by atoms with Crippen LogP contribution in [-0.4, -0.2) is 18.8 Å². The molecule has 0 heterocycles. The molecule has 2 heteroatoms. The van der Waals surface area contributed by atoms with Crippen molar-refractivity contribution in [1.29, 1.82) is 5.41 Å². The van der Waals surface area contributed by atoms with Crippen LogP contribution in [0.25, 0.3) is 0 Å². The van der Waals surface area contributed by atoms with Crippen molar-refractivity contribution in [3.8, 4) is 0 Å². The van der Waals surface area contributed by atoms with Gasteiger partial charge in [-0.05, 0) is 38.3 Å². The molecule has 2 nitrogen and oxygen atoms in total. The maximum Gasteiger partial charge on any atom is 0.0417 e. The third-order valence-corrected chi connectivity index (χ3v) is 3.63. The lowest BCUT2D eigenvalue weighted by molar-refractivity contribution is 0.354. The molecule has 0 aromatic heterocycles. The van der Waals surface area contributed by atoms with Crippen LogP contribution in [0.5, 0.6) is 0 Å². The lowest BCUT2D eigenvalue weighted by Gasteiger charge is -2.28. The predicted octanol–water partition coefficient (Wildman–Crippen LogP) is 2.83. The SMILES string of the molecule is CNC1CCC(C(=N)c2ccccc2)CC1. The summed E-state index contributed by atoms with van der Waals surface area (Å²) < 4.78 is 0. The van der Waals surface area contributed by atoms with Gasteiger partial charge in [-0.2, -0.15) is 0 Å². The standard InChI is InChI=1S/C14H20N2/c1-16-13-9-7-12(8-10-13)14(15)11-5-3-2-4-6-11/h2-6,12-13,15-16H,7-10H2,1H3. The van der Waals surface area contributed by atoms with E-state index in [0.29, 0.717) is 12.0 Å². The van der Waals surface area contributed by atoms with Gasteiger partial charge in [0.1, 0.15) is 0 Å². The minimum atomic E-state index is 0.465. The largest absolute Gasteiger partial charge is 0.317 e. The maximum absolute atomic E-state index is 8.23. The van der Waals surface area contributed by atoms with Gasteiger partial charge in [-0.3, -0.25) is 0 Å². The van der Waals surface area contributed by atoms with Crippen LogP contribution < -0.4 is 5.32 Å². The lowest BCUT2D eigenvalue weighted by atomic mass is 9.81. The van der Waals surface area contributed by atoms with Gasteiger partial charge in [0.15, 0.2) is 0 Å². The minimum Gasteiger partial charge on any atom is -0.317 e. The van der Waals surface area contributed by atoms with Crippen molar-refractivity contribution in [1.82, 2.24) is 5.32 Å². The van der Waals surface area contributed by atoms with Crippen LogP contribution in [0.3, 0.4) is 0 Å². The van der Waals surface area contributed by atoms with Crippen molar-refractivity contribution >= 4 is 5.71 Å². The molecule has 1 saturated carbocycles. The first kappa shape index (κ1) is 11.3. The Bertz CT molecular complexity index is 337. The van der Waals surface area contributed by atoms with E-state index >= 15 is 0 Å². The molecule has 0 saturated heterocycles. The molecule has 86 valence electrons. The van der Waals surface area contributed by atoms with Crippen molar-refractivity contribution in [3.05, 3.63) is 35.9 Å². The fourth-order valence-corrected chi connectivity index (χ4v) is 2.52. The first-order valence-corrected chi connectivity index (χ1v) is 6.12. The topological polar surface area (TPSA) is 35.9 Å². The Balaban J connectivity index is 1.97. The highest BCUT2D eigenvalue weighted by Crippen LogP contribution is 2.27. The molecule has 1 fully saturated rings. The van der Waals surface area contributed by atoms with E-state index in [-0.39, 0.29) is 0 Å². The van der Waals surface area contributed by atoms with Gasteiger partial charge < -0.3 is 10.7 Å². The average molecular weight is 216 g/mol. The summed E-state index contributed by atoms with van der Waals surface area (Å²) in [6, 6.07) is 10.8. The molecule has 0 bridgehead atoms. The van der Waals surface area contributed by atoms with Crippen LogP contribution >= 0.6 is 0 Å². The highest BCUT2D eigenvalue weighted by atomic mass is 14.9. The summed E-state index contributed by atoms with van der Waals surface area (Å²) in [6.07, 6.45) is 4.71. The summed E-state index contributed by atoms with van der Waals surface area (Å²) in [4.78, 5) is 0. The molecule has 0 amide bonds. The van der Waals surface area contributed by atoms with Gasteiger partial charge in [0.25, 0.3) is 0 Å². The molecule has 0 spiro atoms. The molecule has 1 aromatic carbocycles. The highest BCUT2D eigenvalue weighted by Gasteiger charge is 2.23. The summed E-state index contributed by atoms with van der Waals surface area (Å²) in [7, 11) is 2.04. The van der Waals surface area contributed by atoms with Crippen molar-refractivity contribution in [2.45, 2.75) is 31.7 Å². The first-order chi connectivity index (χ1) is 7.81. The van der Waals surface area contributed by atoms with Gasteiger partial charge in [0, 0.05) is 17.7 Å². The number of hydrogen-bond acceptors (Lipinski definition) is 2. The zero-order chi connectivity index (χ0) is 11.4. The molecule has 1 aliphatic carbocycles. The fraction of sp³-hybridized carbons (Fsp3) is 0.500. The number of hydrogen-bond donors (Lipinski definition) is 2. The monoisotopic (exact) mass is 216 g/mol. The van der Waals surface area contributed by atoms with E-state index < -0.39 is 0 Å². The molecule has 2 rings (SSSR count). The van der Waals surface area contributed by atoms with Crippen LogP contribution in [0, 0.1) is 11.3 Å². The third-order valence-electron chi connectivity index (χ3n) is 3.63. The second-order valence-corrected chi connectivity index (χ2v) is 4.62. The molecule has 16 heavy (non-hydrogen) atoms. The third kappa shape index (κ3) is 2.50. The van der Waals surface area contributed by atoms with Gasteiger partial charge in [0.05, 0.1) is 0 Å². The normalized spacial score (nSPS) is 25.3. The second-order valence-electron chi connectivity index (χ2n) is 4.62. The Hall–Kier alpha value is -1.15. The summed E-state index contributed by atoms with van der Waals surface area (Å²) >= 11 is 0. The Labute approximate surface area is 97.6 Å². The van der Waals surface area contributed by atoms with E-state index in [0.717, 1.165) is 24.1 Å². The summed E-state index contributed by atoms with van der Waals surface area (Å²) in [5, 5.41) is 11.6. The summed E-state index contributed by atoms with van der Waals surface area (Å²) in [5.41, 5.74) is 1.92. The van der Waals surface area contributed by atoms with Crippen molar-refractivity contribution in [2.75, 3.05) is 7.05 Å². The fourth-order valence-electron chi connectivity index (χ4n) is 2.52. The molecule has 2 N–H and O–H groups in total. The zero-order valence-corrected chi connectivity index (χ0v) is 9.87. The van der Waals surface area contributed by atoms with Gasteiger partial charge in [-0.15, -0.1) is 0 Å². The van der Waals surface area contributed by atoms with Crippen LogP contribution in [0.15, 0.2) is 30.3 Å². The van der Waals surface area contributed by atoms with Gasteiger partial charge >= 0.3 is 0 Å². The molecule has 0 radical (unpaired) electrons. The Morgan fingerprint density at radius 1 is 1.12 bits per heavy atom. The van der Waals surface area contributed by atoms with Crippen LogP contribution in [-0.2, 0) is 0 Å². The van der Waals surface area contributed by atoms with Gasteiger partial charge in [-0.1, -0.05) is 30.3 Å². The summed E-state index contributed by atoms with van der Waals surface area (Å²) in [6.45, 7) is 0. The number of benzene rings is 1. The van der Waals surface area contributed by atoms with Crippen LogP contribution in [0.2, 0.25) is 0 Å². The van der Waals surface area contributed by atoms with Crippen LogP contribution in [0.1, 0.15) is 31.2 Å². The highest BCUT2D eigenvalue weighted by molar-refractivity contribution is 5.99. The van der Waals surface area contributed by atoms with E-state index in [1.807, 2.05) is 37.4 Å². The molecule has 1 aromatic rings. The van der Waals surface area contributed by atoms with Crippen molar-refractivity contribution in [2.24, 2.45) is 5.92 Å². The molecule has 0 unspecified atom stereocenters. The smallest absolute Gasteiger partial charge is 0.0417 e. The average Bonchev–Trinajstić information content (AvgIpc) is 2.39. The number of nitrogens with one attached hydrogen (secondary N) is 2. The van der Waals surface area contributed by atoms with E-state index in [4.69, 9.17) is 5.41 Å². The quantitative estimate of drug-likeness (QED) is 0.749. The Morgan fingerprint density at radius 3 is 2.31 bits per heavy atom. The molecular formula is C14H20N2. The first-order valence-electron chi connectivity index (χ1n) is 6.12. The molecule has 1 aliphatic rings. The Kier molecular flexibility index (Phi) is 3.73. The molecule has 0 atom stereocenters. The van der Waals surface area contributed by atoms with Gasteiger partial charge in [0.2, 0.25) is 0 Å². The maximum atomic E-state index is 8.23. The van der Waals surface area contributed by atoms with Gasteiger partial charge in [-0.25, -0.2) is 0 Å². The summed E-state index contributed by atoms with van der Waals surface area (Å²) in [5.74, 6) is 0.465. The second kappa shape index (κ2) is 5.26. The Morgan fingerprint density at radius 2 is 1.75 bits per heavy atom. The minimum absolute atomic E-state index is 0.465. The van der Waals surface area contributed by atoms with E-state index in [2.05, 4.69) is 5.32 Å². The van der Waals surface area contributed by atoms with Crippen molar-refractivity contribution in [3.63, 3.8) is 0 Å².